The third-order valence-electron chi connectivity index (χ3n) is 5.89. The summed E-state index contributed by atoms with van der Waals surface area (Å²) in [6, 6.07) is 11.1. The fraction of sp³-hybridized carbons (Fsp3) is 0.348. The summed E-state index contributed by atoms with van der Waals surface area (Å²) in [5.74, 6) is 1.74. The van der Waals surface area contributed by atoms with Gasteiger partial charge in [0.05, 0.1) is 12.0 Å². The van der Waals surface area contributed by atoms with Crippen LogP contribution in [0.3, 0.4) is 0 Å². The summed E-state index contributed by atoms with van der Waals surface area (Å²) in [4.78, 5) is 19.5. The maximum absolute atomic E-state index is 13.5. The number of nitrogens with zero attached hydrogens (tertiary/aromatic N) is 3. The Hall–Kier alpha value is -3.46. The van der Waals surface area contributed by atoms with E-state index in [1.807, 2.05) is 6.92 Å². The number of amides is 1. The van der Waals surface area contributed by atoms with Gasteiger partial charge in [-0.05, 0) is 50.6 Å². The fourth-order valence-electron chi connectivity index (χ4n) is 4.09. The van der Waals surface area contributed by atoms with Gasteiger partial charge in [-0.1, -0.05) is 17.3 Å². The van der Waals surface area contributed by atoms with Crippen molar-refractivity contribution in [1.82, 2.24) is 15.0 Å². The summed E-state index contributed by atoms with van der Waals surface area (Å²) < 4.78 is 29.7. The summed E-state index contributed by atoms with van der Waals surface area (Å²) >= 11 is 0. The molecule has 0 aliphatic carbocycles. The minimum atomic E-state index is -0.347. The lowest BCUT2D eigenvalue weighted by atomic mass is 9.96. The topological polar surface area (TPSA) is 89.7 Å². The molecule has 3 aromatic rings. The summed E-state index contributed by atoms with van der Waals surface area (Å²) in [5, 5.41) is 6.97. The number of carbonyl (C=O) groups is 1. The first-order valence-corrected chi connectivity index (χ1v) is 10.6. The number of anilines is 1. The van der Waals surface area contributed by atoms with Crippen LogP contribution >= 0.6 is 0 Å². The molecule has 2 aliphatic rings. The van der Waals surface area contributed by atoms with Gasteiger partial charge in [-0.2, -0.15) is 4.98 Å². The van der Waals surface area contributed by atoms with Crippen molar-refractivity contribution in [1.29, 1.82) is 0 Å². The molecule has 2 unspecified atom stereocenters. The van der Waals surface area contributed by atoms with Gasteiger partial charge in [0, 0.05) is 23.9 Å². The van der Waals surface area contributed by atoms with Gasteiger partial charge in [0.2, 0.25) is 24.4 Å². The maximum atomic E-state index is 13.5. The van der Waals surface area contributed by atoms with E-state index in [0.717, 1.165) is 19.4 Å². The average molecular weight is 438 g/mol. The minimum absolute atomic E-state index is 0.0133. The number of nitrogens with one attached hydrogen (secondary N) is 1. The highest BCUT2D eigenvalue weighted by Gasteiger charge is 2.31. The molecule has 2 atom stereocenters. The van der Waals surface area contributed by atoms with Gasteiger partial charge in [-0.15, -0.1) is 0 Å². The quantitative estimate of drug-likeness (QED) is 0.648. The van der Waals surface area contributed by atoms with Crippen LogP contribution in [0, 0.1) is 5.82 Å². The molecule has 2 aromatic carbocycles. The number of ether oxygens (including phenoxy) is 2. The molecular weight excluding hydrogens is 415 g/mol. The molecule has 0 saturated carbocycles. The van der Waals surface area contributed by atoms with Gasteiger partial charge >= 0.3 is 0 Å². The molecule has 1 aromatic heterocycles. The van der Waals surface area contributed by atoms with Crippen molar-refractivity contribution in [2.45, 2.75) is 31.7 Å². The zero-order valence-electron chi connectivity index (χ0n) is 17.6. The van der Waals surface area contributed by atoms with Crippen LogP contribution in [0.25, 0.3) is 11.4 Å². The van der Waals surface area contributed by atoms with Gasteiger partial charge in [0.1, 0.15) is 5.82 Å². The summed E-state index contributed by atoms with van der Waals surface area (Å²) in [6.07, 6.45) is 1.79. The molecule has 1 fully saturated rings. The Kier molecular flexibility index (Phi) is 5.48. The molecule has 9 heteroatoms. The number of hydrogen-bond acceptors (Lipinski definition) is 7. The normalized spacial score (nSPS) is 19.0. The zero-order valence-corrected chi connectivity index (χ0v) is 17.6. The zero-order chi connectivity index (χ0) is 22.1. The molecule has 32 heavy (non-hydrogen) atoms. The van der Waals surface area contributed by atoms with Crippen LogP contribution in [0.4, 0.5) is 10.1 Å². The van der Waals surface area contributed by atoms with Crippen molar-refractivity contribution in [2.24, 2.45) is 0 Å². The van der Waals surface area contributed by atoms with Gasteiger partial charge in [-0.25, -0.2) is 4.39 Å². The SMILES string of the molecule is CC(C(=O)Nc1ccc2c(c1)OCO2)N1CCCC(c2nc(-c3cccc(F)c3)no2)C1. The first-order chi connectivity index (χ1) is 15.6. The fourth-order valence-corrected chi connectivity index (χ4v) is 4.09. The number of benzene rings is 2. The number of halogens is 1. The molecule has 1 N–H and O–H groups in total. The molecule has 1 amide bonds. The Morgan fingerprint density at radius 2 is 2.09 bits per heavy atom. The van der Waals surface area contributed by atoms with Crippen molar-refractivity contribution in [3.05, 3.63) is 54.2 Å². The molecule has 0 radical (unpaired) electrons. The van der Waals surface area contributed by atoms with E-state index in [1.165, 1.54) is 12.1 Å². The monoisotopic (exact) mass is 438 g/mol. The Morgan fingerprint density at radius 3 is 2.97 bits per heavy atom. The second-order valence-electron chi connectivity index (χ2n) is 8.03. The number of fused-ring (bicyclic) bond motifs is 1. The number of carbonyl (C=O) groups excluding carboxylic acids is 1. The third-order valence-corrected chi connectivity index (χ3v) is 5.89. The molecule has 0 spiro atoms. The van der Waals surface area contributed by atoms with Gasteiger partial charge < -0.3 is 19.3 Å². The maximum Gasteiger partial charge on any atom is 0.241 e. The first-order valence-electron chi connectivity index (χ1n) is 10.6. The van der Waals surface area contributed by atoms with E-state index in [2.05, 4.69) is 20.4 Å². The molecule has 1 saturated heterocycles. The summed E-state index contributed by atoms with van der Waals surface area (Å²) in [7, 11) is 0. The Balaban J connectivity index is 1.24. The Morgan fingerprint density at radius 1 is 1.22 bits per heavy atom. The van der Waals surface area contributed by atoms with E-state index in [0.29, 0.717) is 41.0 Å². The van der Waals surface area contributed by atoms with Crippen LogP contribution in [-0.4, -0.2) is 46.9 Å². The van der Waals surface area contributed by atoms with E-state index in [9.17, 15) is 9.18 Å². The van der Waals surface area contributed by atoms with E-state index >= 15 is 0 Å². The average Bonchev–Trinajstić information content (AvgIpc) is 3.48. The summed E-state index contributed by atoms with van der Waals surface area (Å²) in [6.45, 7) is 3.50. The van der Waals surface area contributed by atoms with Crippen molar-refractivity contribution in [2.75, 3.05) is 25.2 Å². The third kappa shape index (κ3) is 4.16. The van der Waals surface area contributed by atoms with Crippen LogP contribution in [0.5, 0.6) is 11.5 Å². The predicted molar refractivity (Wildman–Crippen MR) is 114 cm³/mol. The minimum Gasteiger partial charge on any atom is -0.454 e. The highest BCUT2D eigenvalue weighted by molar-refractivity contribution is 5.94. The van der Waals surface area contributed by atoms with E-state index in [1.54, 1.807) is 30.3 Å². The Bertz CT molecular complexity index is 1130. The lowest BCUT2D eigenvalue weighted by molar-refractivity contribution is -0.121. The van der Waals surface area contributed by atoms with E-state index in [4.69, 9.17) is 14.0 Å². The van der Waals surface area contributed by atoms with Crippen LogP contribution in [-0.2, 0) is 4.79 Å². The molecular formula is C23H23FN4O4. The van der Waals surface area contributed by atoms with Crippen LogP contribution in [0.1, 0.15) is 31.6 Å². The van der Waals surface area contributed by atoms with E-state index in [-0.39, 0.29) is 30.5 Å². The van der Waals surface area contributed by atoms with Crippen LogP contribution in [0.2, 0.25) is 0 Å². The molecule has 166 valence electrons. The molecule has 3 heterocycles. The van der Waals surface area contributed by atoms with Gasteiger partial charge in [-0.3, -0.25) is 9.69 Å². The number of aromatic nitrogens is 2. The number of hydrogen-bond donors (Lipinski definition) is 1. The van der Waals surface area contributed by atoms with Crippen molar-refractivity contribution in [3.8, 4) is 22.9 Å². The molecule has 5 rings (SSSR count). The van der Waals surface area contributed by atoms with E-state index < -0.39 is 0 Å². The highest BCUT2D eigenvalue weighted by atomic mass is 19.1. The van der Waals surface area contributed by atoms with Crippen LogP contribution in [0.15, 0.2) is 47.0 Å². The summed E-state index contributed by atoms with van der Waals surface area (Å²) in [5.41, 5.74) is 1.24. The molecule has 8 nitrogen and oxygen atoms in total. The number of rotatable bonds is 5. The van der Waals surface area contributed by atoms with Crippen molar-refractivity contribution < 1.29 is 23.2 Å². The van der Waals surface area contributed by atoms with Crippen LogP contribution < -0.4 is 14.8 Å². The largest absolute Gasteiger partial charge is 0.454 e. The van der Waals surface area contributed by atoms with Crippen molar-refractivity contribution >= 4 is 11.6 Å². The number of piperidine rings is 1. The second-order valence-corrected chi connectivity index (χ2v) is 8.03. The lowest BCUT2D eigenvalue weighted by Gasteiger charge is -2.34. The second kappa shape index (κ2) is 8.58. The number of likely N-dealkylation sites (tertiary alicyclic amines) is 1. The highest BCUT2D eigenvalue weighted by Crippen LogP contribution is 2.34. The predicted octanol–water partition coefficient (Wildman–Crippen LogP) is 3.81. The van der Waals surface area contributed by atoms with Gasteiger partial charge in [0.15, 0.2) is 11.5 Å². The van der Waals surface area contributed by atoms with Gasteiger partial charge in [0.25, 0.3) is 0 Å². The lowest BCUT2D eigenvalue weighted by Crippen LogP contribution is -2.46. The molecule has 2 aliphatic heterocycles. The molecule has 0 bridgehead atoms. The standard InChI is InChI=1S/C23H23FN4O4/c1-14(22(29)25-18-7-8-19-20(11-18)31-13-30-19)28-9-3-5-16(12-28)23-26-21(27-32-23)15-4-2-6-17(24)10-15/h2,4,6-8,10-11,14,16H,3,5,9,12-13H2,1H3,(H,25,29). The Labute approximate surface area is 184 Å². The smallest absolute Gasteiger partial charge is 0.241 e. The van der Waals surface area contributed by atoms with Crippen molar-refractivity contribution in [3.63, 3.8) is 0 Å². The first kappa shape index (κ1) is 20.4.